The van der Waals surface area contributed by atoms with Crippen molar-refractivity contribution in [2.75, 3.05) is 23.3 Å². The van der Waals surface area contributed by atoms with Gasteiger partial charge in [0, 0.05) is 35.5 Å². The summed E-state index contributed by atoms with van der Waals surface area (Å²) < 4.78 is 19.8. The van der Waals surface area contributed by atoms with Crippen molar-refractivity contribution in [2.24, 2.45) is 5.41 Å². The number of amides is 1. The van der Waals surface area contributed by atoms with Gasteiger partial charge < -0.3 is 19.9 Å². The summed E-state index contributed by atoms with van der Waals surface area (Å²) in [6.07, 6.45) is 4.80. The van der Waals surface area contributed by atoms with E-state index in [0.717, 1.165) is 21.3 Å². The Kier molecular flexibility index (Phi) is 5.95. The standard InChI is InChI=1S/C25H23BrFN5O2/c1-25(9-11-32(12-10-25)23-21-20(26)14-28-22(21)29-15-30-23)24(33)31-17-3-2-4-19(13-17)34-18-7-5-16(27)6-8-18/h2-8,13-15H,9-12H2,1H3,(H,31,33)(H,28,29,30). The van der Waals surface area contributed by atoms with Crippen LogP contribution in [0.5, 0.6) is 11.5 Å². The van der Waals surface area contributed by atoms with Crippen molar-refractivity contribution in [1.82, 2.24) is 15.0 Å². The van der Waals surface area contributed by atoms with Crippen LogP contribution < -0.4 is 15.0 Å². The molecular formula is C25H23BrFN5O2. The van der Waals surface area contributed by atoms with Gasteiger partial charge in [0.05, 0.1) is 10.8 Å². The number of hydrogen-bond donors (Lipinski definition) is 2. The summed E-state index contributed by atoms with van der Waals surface area (Å²) in [5.41, 5.74) is 0.930. The summed E-state index contributed by atoms with van der Waals surface area (Å²) in [5.74, 6) is 1.61. The lowest BCUT2D eigenvalue weighted by Crippen LogP contribution is -2.45. The van der Waals surface area contributed by atoms with E-state index in [0.29, 0.717) is 43.1 Å². The van der Waals surface area contributed by atoms with E-state index in [9.17, 15) is 9.18 Å². The van der Waals surface area contributed by atoms with Crippen LogP contribution in [0.15, 0.2) is 65.5 Å². The van der Waals surface area contributed by atoms with Crippen LogP contribution in [-0.4, -0.2) is 33.9 Å². The first kappa shape index (κ1) is 22.3. The van der Waals surface area contributed by atoms with Crippen molar-refractivity contribution in [3.8, 4) is 11.5 Å². The predicted molar refractivity (Wildman–Crippen MR) is 133 cm³/mol. The Morgan fingerprint density at radius 1 is 1.15 bits per heavy atom. The molecule has 1 amide bonds. The van der Waals surface area contributed by atoms with Gasteiger partial charge in [0.15, 0.2) is 0 Å². The highest BCUT2D eigenvalue weighted by Gasteiger charge is 2.37. The fraction of sp³-hybridized carbons (Fsp3) is 0.240. The molecule has 0 aliphatic carbocycles. The van der Waals surface area contributed by atoms with Crippen LogP contribution in [0.25, 0.3) is 11.0 Å². The maximum atomic E-state index is 13.2. The molecule has 2 aromatic carbocycles. The normalized spacial score (nSPS) is 15.3. The Bertz CT molecular complexity index is 1330. The number of benzene rings is 2. The average molecular weight is 524 g/mol. The van der Waals surface area contributed by atoms with E-state index in [-0.39, 0.29) is 11.7 Å². The van der Waals surface area contributed by atoms with Gasteiger partial charge in [0.2, 0.25) is 5.91 Å². The van der Waals surface area contributed by atoms with Crippen molar-refractivity contribution in [3.05, 3.63) is 71.3 Å². The van der Waals surface area contributed by atoms with Crippen LogP contribution in [-0.2, 0) is 4.79 Å². The minimum Gasteiger partial charge on any atom is -0.457 e. The molecule has 174 valence electrons. The van der Waals surface area contributed by atoms with Crippen molar-refractivity contribution in [2.45, 2.75) is 19.8 Å². The molecule has 0 unspecified atom stereocenters. The molecule has 4 aromatic rings. The number of anilines is 2. The number of rotatable bonds is 5. The van der Waals surface area contributed by atoms with Crippen LogP contribution in [0.2, 0.25) is 0 Å². The van der Waals surface area contributed by atoms with Crippen molar-refractivity contribution in [3.63, 3.8) is 0 Å². The second kappa shape index (κ2) is 9.06. The van der Waals surface area contributed by atoms with Gasteiger partial charge in [0.25, 0.3) is 0 Å². The Labute approximate surface area is 204 Å². The highest BCUT2D eigenvalue weighted by molar-refractivity contribution is 9.10. The highest BCUT2D eigenvalue weighted by atomic mass is 79.9. The molecular weight excluding hydrogens is 501 g/mol. The Hall–Kier alpha value is -3.46. The molecule has 0 saturated carbocycles. The number of nitrogens with one attached hydrogen (secondary N) is 2. The van der Waals surface area contributed by atoms with Gasteiger partial charge in [-0.25, -0.2) is 14.4 Å². The predicted octanol–water partition coefficient (Wildman–Crippen LogP) is 5.90. The summed E-state index contributed by atoms with van der Waals surface area (Å²) in [5, 5.41) is 3.99. The number of ether oxygens (including phenoxy) is 1. The topological polar surface area (TPSA) is 83.1 Å². The number of hydrogen-bond acceptors (Lipinski definition) is 5. The summed E-state index contributed by atoms with van der Waals surface area (Å²) >= 11 is 3.57. The quantitative estimate of drug-likeness (QED) is 0.340. The fourth-order valence-corrected chi connectivity index (χ4v) is 4.63. The van der Waals surface area contributed by atoms with Crippen molar-refractivity contribution in [1.29, 1.82) is 0 Å². The largest absolute Gasteiger partial charge is 0.457 e. The Morgan fingerprint density at radius 3 is 2.68 bits per heavy atom. The SMILES string of the molecule is CC1(C(=O)Nc2cccc(Oc3ccc(F)cc3)c2)CCN(c2ncnc3[nH]cc(Br)c23)CC1. The Morgan fingerprint density at radius 2 is 1.91 bits per heavy atom. The fourth-order valence-electron chi connectivity index (χ4n) is 4.15. The monoisotopic (exact) mass is 523 g/mol. The molecule has 0 bridgehead atoms. The van der Waals surface area contributed by atoms with Crippen LogP contribution >= 0.6 is 15.9 Å². The molecule has 3 heterocycles. The van der Waals surface area contributed by atoms with Gasteiger partial charge >= 0.3 is 0 Å². The molecule has 34 heavy (non-hydrogen) atoms. The average Bonchev–Trinajstić information content (AvgIpc) is 3.22. The molecule has 1 aliphatic heterocycles. The van der Waals surface area contributed by atoms with E-state index in [1.165, 1.54) is 12.1 Å². The minimum absolute atomic E-state index is 0.0262. The van der Waals surface area contributed by atoms with Gasteiger partial charge in [-0.2, -0.15) is 0 Å². The smallest absolute Gasteiger partial charge is 0.230 e. The number of aromatic amines is 1. The minimum atomic E-state index is -0.508. The zero-order chi connectivity index (χ0) is 23.7. The number of carbonyl (C=O) groups excluding carboxylic acids is 1. The molecule has 5 rings (SSSR count). The van der Waals surface area contributed by atoms with E-state index in [4.69, 9.17) is 4.74 Å². The lowest BCUT2D eigenvalue weighted by atomic mass is 9.79. The zero-order valence-corrected chi connectivity index (χ0v) is 20.1. The van der Waals surface area contributed by atoms with E-state index >= 15 is 0 Å². The van der Waals surface area contributed by atoms with Gasteiger partial charge in [0.1, 0.15) is 35.1 Å². The zero-order valence-electron chi connectivity index (χ0n) is 18.5. The second-order valence-electron chi connectivity index (χ2n) is 8.64. The molecule has 1 fully saturated rings. The number of piperidine rings is 1. The molecule has 0 radical (unpaired) electrons. The van der Waals surface area contributed by atoms with Crippen LogP contribution in [0.4, 0.5) is 15.9 Å². The molecule has 2 N–H and O–H groups in total. The number of aromatic nitrogens is 3. The van der Waals surface area contributed by atoms with Gasteiger partial charge in [-0.1, -0.05) is 13.0 Å². The number of fused-ring (bicyclic) bond motifs is 1. The van der Waals surface area contributed by atoms with E-state index in [2.05, 4.69) is 41.1 Å². The summed E-state index contributed by atoms with van der Waals surface area (Å²) in [6, 6.07) is 13.0. The lowest BCUT2D eigenvalue weighted by molar-refractivity contribution is -0.125. The van der Waals surface area contributed by atoms with Crippen molar-refractivity contribution < 1.29 is 13.9 Å². The third-order valence-corrected chi connectivity index (χ3v) is 6.88. The van der Waals surface area contributed by atoms with Gasteiger partial charge in [-0.15, -0.1) is 0 Å². The molecule has 1 aliphatic rings. The second-order valence-corrected chi connectivity index (χ2v) is 9.50. The number of H-pyrrole nitrogens is 1. The van der Waals surface area contributed by atoms with E-state index in [1.54, 1.807) is 30.6 Å². The summed E-state index contributed by atoms with van der Waals surface area (Å²) in [7, 11) is 0. The molecule has 0 spiro atoms. The number of carbonyl (C=O) groups is 1. The molecule has 7 nitrogen and oxygen atoms in total. The Balaban J connectivity index is 1.25. The first-order chi connectivity index (χ1) is 16.4. The van der Waals surface area contributed by atoms with Crippen molar-refractivity contribution >= 4 is 44.4 Å². The third-order valence-electron chi connectivity index (χ3n) is 6.26. The lowest BCUT2D eigenvalue weighted by Gasteiger charge is -2.39. The van der Waals surface area contributed by atoms with Crippen LogP contribution in [0.1, 0.15) is 19.8 Å². The summed E-state index contributed by atoms with van der Waals surface area (Å²) in [4.78, 5) is 27.3. The van der Waals surface area contributed by atoms with E-state index < -0.39 is 5.41 Å². The van der Waals surface area contributed by atoms with E-state index in [1.807, 2.05) is 25.3 Å². The molecule has 0 atom stereocenters. The van der Waals surface area contributed by atoms with Gasteiger partial charge in [-0.05, 0) is 65.2 Å². The third kappa shape index (κ3) is 4.48. The maximum Gasteiger partial charge on any atom is 0.230 e. The van der Waals surface area contributed by atoms with Crippen LogP contribution in [0, 0.1) is 11.2 Å². The van der Waals surface area contributed by atoms with Crippen LogP contribution in [0.3, 0.4) is 0 Å². The number of nitrogens with zero attached hydrogens (tertiary/aromatic N) is 3. The first-order valence-electron chi connectivity index (χ1n) is 11.0. The number of halogens is 2. The first-order valence-corrected chi connectivity index (χ1v) is 11.8. The molecule has 2 aromatic heterocycles. The maximum absolute atomic E-state index is 13.2. The molecule has 9 heteroatoms. The highest BCUT2D eigenvalue weighted by Crippen LogP contribution is 2.37. The summed E-state index contributed by atoms with van der Waals surface area (Å²) in [6.45, 7) is 3.42. The van der Waals surface area contributed by atoms with Gasteiger partial charge in [-0.3, -0.25) is 4.79 Å². The molecule has 1 saturated heterocycles.